The van der Waals surface area contributed by atoms with Crippen LogP contribution >= 0.6 is 0 Å². The first kappa shape index (κ1) is 15.2. The predicted octanol–water partition coefficient (Wildman–Crippen LogP) is 4.25. The highest BCUT2D eigenvalue weighted by molar-refractivity contribution is 5.73. The van der Waals surface area contributed by atoms with Crippen molar-refractivity contribution in [2.45, 2.75) is 33.6 Å². The number of hydrogen-bond acceptors (Lipinski definition) is 3. The van der Waals surface area contributed by atoms with Gasteiger partial charge in [0.1, 0.15) is 0 Å². The van der Waals surface area contributed by atoms with Gasteiger partial charge < -0.3 is 4.90 Å². The zero-order valence-corrected chi connectivity index (χ0v) is 12.0. The Bertz CT molecular complexity index is 463. The van der Waals surface area contributed by atoms with Crippen LogP contribution in [0.4, 0.5) is 11.4 Å². The molecule has 0 saturated carbocycles. The first-order chi connectivity index (χ1) is 9.01. The number of anilines is 1. The van der Waals surface area contributed by atoms with Crippen molar-refractivity contribution >= 4 is 16.9 Å². The van der Waals surface area contributed by atoms with Crippen LogP contribution in [-0.2, 0) is 0 Å². The molecule has 0 amide bonds. The third-order valence-corrected chi connectivity index (χ3v) is 2.99. The minimum absolute atomic E-state index is 0.141. The summed E-state index contributed by atoms with van der Waals surface area (Å²) in [6, 6.07) is 5.41. The molecular weight excluding hydrogens is 240 g/mol. The third-order valence-electron chi connectivity index (χ3n) is 2.99. The number of nitrogens with zero attached hydrogens (tertiary/aromatic N) is 2. The van der Waals surface area contributed by atoms with Crippen LogP contribution < -0.4 is 4.90 Å². The van der Waals surface area contributed by atoms with E-state index in [1.807, 2.05) is 6.07 Å². The summed E-state index contributed by atoms with van der Waals surface area (Å²) < 4.78 is 0. The third kappa shape index (κ3) is 3.81. The van der Waals surface area contributed by atoms with Crippen LogP contribution in [0.5, 0.6) is 0 Å². The molecule has 0 aliphatic rings. The minimum Gasteiger partial charge on any atom is -0.371 e. The topological polar surface area (TPSA) is 46.4 Å². The van der Waals surface area contributed by atoms with Gasteiger partial charge in [-0.05, 0) is 37.5 Å². The summed E-state index contributed by atoms with van der Waals surface area (Å²) in [6.07, 6.45) is 2.05. The lowest BCUT2D eigenvalue weighted by molar-refractivity contribution is -0.385. The van der Waals surface area contributed by atoms with Gasteiger partial charge in [0.25, 0.3) is 5.69 Å². The number of allylic oxidation sites excluding steroid dienone is 1. The molecule has 0 saturated heterocycles. The minimum atomic E-state index is -0.330. The monoisotopic (exact) mass is 262 g/mol. The van der Waals surface area contributed by atoms with Gasteiger partial charge in [0.15, 0.2) is 0 Å². The van der Waals surface area contributed by atoms with E-state index in [1.165, 1.54) is 0 Å². The summed E-state index contributed by atoms with van der Waals surface area (Å²) in [7, 11) is 0. The highest BCUT2D eigenvalue weighted by atomic mass is 16.6. The van der Waals surface area contributed by atoms with E-state index in [9.17, 15) is 10.1 Å². The molecule has 0 aliphatic heterocycles. The van der Waals surface area contributed by atoms with Gasteiger partial charge in [0.05, 0.1) is 10.5 Å². The average molecular weight is 262 g/mol. The normalized spacial score (nSPS) is 10.3. The van der Waals surface area contributed by atoms with E-state index in [2.05, 4.69) is 25.3 Å². The van der Waals surface area contributed by atoms with E-state index in [0.29, 0.717) is 5.56 Å². The largest absolute Gasteiger partial charge is 0.371 e. The lowest BCUT2D eigenvalue weighted by atomic mass is 10.1. The van der Waals surface area contributed by atoms with Crippen LogP contribution in [0.2, 0.25) is 0 Å². The molecule has 0 bridgehead atoms. The highest BCUT2D eigenvalue weighted by Gasteiger charge is 2.17. The second kappa shape index (κ2) is 6.92. The summed E-state index contributed by atoms with van der Waals surface area (Å²) in [4.78, 5) is 13.0. The summed E-state index contributed by atoms with van der Waals surface area (Å²) in [6.45, 7) is 11.6. The standard InChI is InChI=1S/C15H22N2O2/c1-5-9-16(10-6-2)13-7-8-14(12(3)4)15(11-13)17(18)19/h7-8,11H,3,5-6,9-10H2,1-2,4H3. The van der Waals surface area contributed by atoms with Crippen molar-refractivity contribution in [3.63, 3.8) is 0 Å². The predicted molar refractivity (Wildman–Crippen MR) is 80.6 cm³/mol. The summed E-state index contributed by atoms with van der Waals surface area (Å²) in [5, 5.41) is 11.2. The first-order valence-corrected chi connectivity index (χ1v) is 6.70. The molecule has 1 aromatic rings. The van der Waals surface area contributed by atoms with Gasteiger partial charge in [-0.2, -0.15) is 0 Å². The van der Waals surface area contributed by atoms with E-state index in [0.717, 1.165) is 37.2 Å². The first-order valence-electron chi connectivity index (χ1n) is 6.70. The Morgan fingerprint density at radius 1 is 1.32 bits per heavy atom. The Morgan fingerprint density at radius 3 is 2.32 bits per heavy atom. The summed E-state index contributed by atoms with van der Waals surface area (Å²) >= 11 is 0. The Labute approximate surface area is 114 Å². The fourth-order valence-electron chi connectivity index (χ4n) is 2.14. The van der Waals surface area contributed by atoms with Crippen molar-refractivity contribution < 1.29 is 4.92 Å². The maximum absolute atomic E-state index is 11.2. The van der Waals surface area contributed by atoms with E-state index in [1.54, 1.807) is 19.1 Å². The fourth-order valence-corrected chi connectivity index (χ4v) is 2.14. The zero-order valence-electron chi connectivity index (χ0n) is 12.0. The Kier molecular flexibility index (Phi) is 5.55. The molecular formula is C15H22N2O2. The number of benzene rings is 1. The second-order valence-corrected chi connectivity index (χ2v) is 4.73. The van der Waals surface area contributed by atoms with Crippen molar-refractivity contribution in [3.8, 4) is 0 Å². The Hall–Kier alpha value is -1.84. The van der Waals surface area contributed by atoms with Gasteiger partial charge >= 0.3 is 0 Å². The summed E-state index contributed by atoms with van der Waals surface area (Å²) in [5.74, 6) is 0. The SMILES string of the molecule is C=C(C)c1ccc(N(CCC)CCC)cc1[N+](=O)[O-]. The molecule has 0 atom stereocenters. The molecule has 0 N–H and O–H groups in total. The molecule has 0 aromatic heterocycles. The van der Waals surface area contributed by atoms with E-state index >= 15 is 0 Å². The maximum Gasteiger partial charge on any atom is 0.278 e. The molecule has 4 heteroatoms. The van der Waals surface area contributed by atoms with Crippen molar-refractivity contribution in [1.29, 1.82) is 0 Å². The van der Waals surface area contributed by atoms with Crippen molar-refractivity contribution in [3.05, 3.63) is 40.5 Å². The molecule has 0 fully saturated rings. The Balaban J connectivity index is 3.19. The van der Waals surface area contributed by atoms with Gasteiger partial charge in [0.2, 0.25) is 0 Å². The molecule has 1 aromatic carbocycles. The van der Waals surface area contributed by atoms with Gasteiger partial charge in [-0.25, -0.2) is 0 Å². The molecule has 0 aliphatic carbocycles. The summed E-state index contributed by atoms with van der Waals surface area (Å²) in [5.41, 5.74) is 2.39. The lowest BCUT2D eigenvalue weighted by Crippen LogP contribution is -2.24. The lowest BCUT2D eigenvalue weighted by Gasteiger charge is -2.23. The zero-order chi connectivity index (χ0) is 14.4. The van der Waals surface area contributed by atoms with Gasteiger partial charge in [-0.3, -0.25) is 10.1 Å². The molecule has 19 heavy (non-hydrogen) atoms. The molecule has 0 radical (unpaired) electrons. The number of nitro groups is 1. The number of rotatable bonds is 7. The average Bonchev–Trinajstić information content (AvgIpc) is 2.37. The smallest absolute Gasteiger partial charge is 0.278 e. The van der Waals surface area contributed by atoms with E-state index in [-0.39, 0.29) is 10.6 Å². The van der Waals surface area contributed by atoms with Gasteiger partial charge in [0, 0.05) is 24.8 Å². The van der Waals surface area contributed by atoms with Gasteiger partial charge in [-0.1, -0.05) is 20.4 Å². The molecule has 1 rings (SSSR count). The number of hydrogen-bond donors (Lipinski definition) is 0. The van der Waals surface area contributed by atoms with Crippen LogP contribution in [0.25, 0.3) is 5.57 Å². The van der Waals surface area contributed by atoms with E-state index in [4.69, 9.17) is 0 Å². The molecule has 0 spiro atoms. The molecule has 4 nitrogen and oxygen atoms in total. The quantitative estimate of drug-likeness (QED) is 0.545. The second-order valence-electron chi connectivity index (χ2n) is 4.73. The van der Waals surface area contributed by atoms with Crippen LogP contribution in [-0.4, -0.2) is 18.0 Å². The van der Waals surface area contributed by atoms with Gasteiger partial charge in [-0.15, -0.1) is 0 Å². The van der Waals surface area contributed by atoms with Crippen molar-refractivity contribution in [1.82, 2.24) is 0 Å². The van der Waals surface area contributed by atoms with E-state index < -0.39 is 0 Å². The fraction of sp³-hybridized carbons (Fsp3) is 0.467. The van der Waals surface area contributed by atoms with Crippen LogP contribution in [0.1, 0.15) is 39.2 Å². The maximum atomic E-state index is 11.2. The highest BCUT2D eigenvalue weighted by Crippen LogP contribution is 2.29. The van der Waals surface area contributed by atoms with Crippen molar-refractivity contribution in [2.24, 2.45) is 0 Å². The molecule has 0 unspecified atom stereocenters. The van der Waals surface area contributed by atoms with Crippen LogP contribution in [0, 0.1) is 10.1 Å². The molecule has 0 heterocycles. The van der Waals surface area contributed by atoms with Crippen molar-refractivity contribution in [2.75, 3.05) is 18.0 Å². The Morgan fingerprint density at radius 2 is 1.89 bits per heavy atom. The van der Waals surface area contributed by atoms with Crippen LogP contribution in [0.15, 0.2) is 24.8 Å². The number of nitro benzene ring substituents is 1. The molecule has 104 valence electrons. The van der Waals surface area contributed by atoms with Crippen LogP contribution in [0.3, 0.4) is 0 Å².